The number of nitrogens with one attached hydrogen (secondary N) is 1. The molecule has 1 saturated carbocycles. The van der Waals surface area contributed by atoms with Gasteiger partial charge in [-0.2, -0.15) is 0 Å². The van der Waals surface area contributed by atoms with E-state index in [2.05, 4.69) is 5.32 Å². The van der Waals surface area contributed by atoms with Crippen LogP contribution in [0.4, 0.5) is 0 Å². The fourth-order valence-electron chi connectivity index (χ4n) is 2.53. The normalized spacial score (nSPS) is 18.8. The third kappa shape index (κ3) is 3.54. The predicted molar refractivity (Wildman–Crippen MR) is 79.8 cm³/mol. The molecule has 4 heteroatoms. The van der Waals surface area contributed by atoms with Crippen molar-refractivity contribution in [3.05, 3.63) is 33.8 Å². The Morgan fingerprint density at radius 2 is 1.78 bits per heavy atom. The molecular formula is C14H18Cl3N. The van der Waals surface area contributed by atoms with E-state index in [0.29, 0.717) is 15.9 Å². The minimum Gasteiger partial charge on any atom is -0.306 e. The molecule has 1 aliphatic rings. The average molecular weight is 307 g/mol. The third-order valence-corrected chi connectivity index (χ3v) is 4.97. The Bertz CT molecular complexity index is 400. The van der Waals surface area contributed by atoms with Gasteiger partial charge in [0.15, 0.2) is 0 Å². The Labute approximate surface area is 124 Å². The summed E-state index contributed by atoms with van der Waals surface area (Å²) in [6.45, 7) is 0.795. The second kappa shape index (κ2) is 6.47. The number of alkyl halides is 1. The maximum Gasteiger partial charge on any atom is 0.0595 e. The fraction of sp³-hybridized carbons (Fsp3) is 0.571. The van der Waals surface area contributed by atoms with Gasteiger partial charge in [-0.05, 0) is 30.5 Å². The minimum atomic E-state index is 0.103. The molecule has 0 spiro atoms. The number of benzene rings is 1. The Balaban J connectivity index is 1.98. The zero-order chi connectivity index (χ0) is 13.0. The molecule has 0 saturated heterocycles. The van der Waals surface area contributed by atoms with Crippen LogP contribution in [0.2, 0.25) is 10.0 Å². The van der Waals surface area contributed by atoms with Crippen molar-refractivity contribution in [2.24, 2.45) is 0 Å². The molecule has 0 aromatic heterocycles. The maximum absolute atomic E-state index is 6.15. The van der Waals surface area contributed by atoms with Crippen LogP contribution in [0.25, 0.3) is 0 Å². The summed E-state index contributed by atoms with van der Waals surface area (Å²) in [6.07, 6.45) is 6.19. The number of halogens is 3. The van der Waals surface area contributed by atoms with Crippen molar-refractivity contribution >= 4 is 34.8 Å². The molecule has 1 fully saturated rings. The zero-order valence-electron chi connectivity index (χ0n) is 10.3. The van der Waals surface area contributed by atoms with E-state index in [0.717, 1.165) is 24.9 Å². The summed E-state index contributed by atoms with van der Waals surface area (Å²) in [7, 11) is 0. The molecule has 100 valence electrons. The largest absolute Gasteiger partial charge is 0.306 e. The van der Waals surface area contributed by atoms with Crippen LogP contribution < -0.4 is 5.32 Å². The van der Waals surface area contributed by atoms with E-state index < -0.39 is 0 Å². The Hall–Kier alpha value is 0.0500. The lowest BCUT2D eigenvalue weighted by atomic mass is 9.83. The van der Waals surface area contributed by atoms with Crippen molar-refractivity contribution in [2.75, 3.05) is 5.88 Å². The van der Waals surface area contributed by atoms with Gasteiger partial charge in [-0.15, -0.1) is 11.6 Å². The van der Waals surface area contributed by atoms with Gasteiger partial charge in [0.2, 0.25) is 0 Å². The van der Waals surface area contributed by atoms with Crippen molar-refractivity contribution < 1.29 is 0 Å². The van der Waals surface area contributed by atoms with E-state index in [1.54, 1.807) is 0 Å². The van der Waals surface area contributed by atoms with Crippen LogP contribution in [0.15, 0.2) is 18.2 Å². The van der Waals surface area contributed by atoms with Crippen molar-refractivity contribution in [2.45, 2.75) is 44.2 Å². The topological polar surface area (TPSA) is 12.0 Å². The highest BCUT2D eigenvalue weighted by atomic mass is 35.5. The number of rotatable bonds is 4. The molecule has 0 radical (unpaired) electrons. The van der Waals surface area contributed by atoms with Crippen molar-refractivity contribution in [3.63, 3.8) is 0 Å². The standard InChI is InChI=1S/C14H18Cl3N/c15-10-14(6-2-1-3-7-14)18-9-11-4-5-12(16)13(17)8-11/h4-5,8,18H,1-3,6-7,9-10H2. The molecule has 0 bridgehead atoms. The van der Waals surface area contributed by atoms with Crippen LogP contribution in [-0.2, 0) is 6.54 Å². The molecule has 1 aromatic carbocycles. The van der Waals surface area contributed by atoms with Gasteiger partial charge in [0, 0.05) is 18.0 Å². The van der Waals surface area contributed by atoms with Crippen LogP contribution in [-0.4, -0.2) is 11.4 Å². The summed E-state index contributed by atoms with van der Waals surface area (Å²) < 4.78 is 0. The molecular weight excluding hydrogens is 289 g/mol. The van der Waals surface area contributed by atoms with Crippen LogP contribution in [0, 0.1) is 0 Å². The monoisotopic (exact) mass is 305 g/mol. The smallest absolute Gasteiger partial charge is 0.0595 e. The van der Waals surface area contributed by atoms with Crippen LogP contribution in [0.3, 0.4) is 0 Å². The van der Waals surface area contributed by atoms with Crippen LogP contribution in [0.5, 0.6) is 0 Å². The summed E-state index contributed by atoms with van der Waals surface area (Å²) in [5, 5.41) is 4.83. The van der Waals surface area contributed by atoms with Crippen LogP contribution >= 0.6 is 34.8 Å². The van der Waals surface area contributed by atoms with Gasteiger partial charge in [-0.25, -0.2) is 0 Å². The van der Waals surface area contributed by atoms with Gasteiger partial charge < -0.3 is 5.32 Å². The zero-order valence-corrected chi connectivity index (χ0v) is 12.6. The van der Waals surface area contributed by atoms with E-state index in [4.69, 9.17) is 34.8 Å². The molecule has 1 aromatic rings. The van der Waals surface area contributed by atoms with Gasteiger partial charge in [0.25, 0.3) is 0 Å². The number of hydrogen-bond donors (Lipinski definition) is 1. The minimum absolute atomic E-state index is 0.103. The molecule has 0 aliphatic heterocycles. The maximum atomic E-state index is 6.15. The lowest BCUT2D eigenvalue weighted by molar-refractivity contribution is 0.256. The first kappa shape index (κ1) is 14.5. The highest BCUT2D eigenvalue weighted by molar-refractivity contribution is 6.42. The van der Waals surface area contributed by atoms with Crippen molar-refractivity contribution in [3.8, 4) is 0 Å². The summed E-state index contributed by atoms with van der Waals surface area (Å²) in [5.74, 6) is 0.675. The average Bonchev–Trinajstić information content (AvgIpc) is 2.41. The van der Waals surface area contributed by atoms with Crippen LogP contribution in [0.1, 0.15) is 37.7 Å². The van der Waals surface area contributed by atoms with E-state index in [1.807, 2.05) is 18.2 Å². The summed E-state index contributed by atoms with van der Waals surface area (Å²) in [4.78, 5) is 0. The molecule has 18 heavy (non-hydrogen) atoms. The fourth-order valence-corrected chi connectivity index (χ4v) is 3.21. The first-order valence-electron chi connectivity index (χ1n) is 6.40. The molecule has 0 heterocycles. The molecule has 1 N–H and O–H groups in total. The van der Waals surface area contributed by atoms with Gasteiger partial charge in [-0.3, -0.25) is 0 Å². The Morgan fingerprint density at radius 3 is 2.39 bits per heavy atom. The van der Waals surface area contributed by atoms with E-state index in [-0.39, 0.29) is 5.54 Å². The third-order valence-electron chi connectivity index (χ3n) is 3.72. The molecule has 1 nitrogen and oxygen atoms in total. The highest BCUT2D eigenvalue weighted by Gasteiger charge is 2.30. The molecule has 1 aliphatic carbocycles. The Morgan fingerprint density at radius 1 is 1.06 bits per heavy atom. The lowest BCUT2D eigenvalue weighted by Gasteiger charge is -2.36. The van der Waals surface area contributed by atoms with Gasteiger partial charge in [0.1, 0.15) is 0 Å². The van der Waals surface area contributed by atoms with Crippen molar-refractivity contribution in [1.29, 1.82) is 0 Å². The first-order chi connectivity index (χ1) is 8.65. The van der Waals surface area contributed by atoms with E-state index in [9.17, 15) is 0 Å². The molecule has 0 atom stereocenters. The number of hydrogen-bond acceptors (Lipinski definition) is 1. The second-order valence-electron chi connectivity index (χ2n) is 5.08. The van der Waals surface area contributed by atoms with Crippen molar-refractivity contribution in [1.82, 2.24) is 5.32 Å². The second-order valence-corrected chi connectivity index (χ2v) is 6.16. The highest BCUT2D eigenvalue weighted by Crippen LogP contribution is 2.30. The lowest BCUT2D eigenvalue weighted by Crippen LogP contribution is -2.48. The summed E-state index contributed by atoms with van der Waals surface area (Å²) in [5.41, 5.74) is 1.26. The quantitative estimate of drug-likeness (QED) is 0.770. The molecule has 0 unspecified atom stereocenters. The van der Waals surface area contributed by atoms with Gasteiger partial charge in [-0.1, -0.05) is 48.5 Å². The summed E-state index contributed by atoms with van der Waals surface area (Å²) in [6, 6.07) is 5.77. The predicted octanol–water partition coefficient (Wildman–Crippen LogP) is 5.02. The van der Waals surface area contributed by atoms with E-state index >= 15 is 0 Å². The van der Waals surface area contributed by atoms with E-state index in [1.165, 1.54) is 19.3 Å². The van der Waals surface area contributed by atoms with Gasteiger partial charge in [0.05, 0.1) is 10.0 Å². The van der Waals surface area contributed by atoms with Gasteiger partial charge >= 0.3 is 0 Å². The molecule has 0 amide bonds. The SMILES string of the molecule is ClCC1(NCc2ccc(Cl)c(Cl)c2)CCCCC1. The summed E-state index contributed by atoms with van der Waals surface area (Å²) >= 11 is 18.1. The Kier molecular flexibility index (Phi) is 5.20. The first-order valence-corrected chi connectivity index (χ1v) is 7.69. The molecule has 2 rings (SSSR count).